The van der Waals surface area contributed by atoms with Gasteiger partial charge in [-0.25, -0.2) is 0 Å². The molecule has 0 bridgehead atoms. The molecule has 1 rings (SSSR count). The highest BCUT2D eigenvalue weighted by molar-refractivity contribution is 5.76. The molecule has 1 saturated heterocycles. The van der Waals surface area contributed by atoms with E-state index < -0.39 is 49.5 Å². The first kappa shape index (κ1) is 42.9. The number of aliphatic hydroxyl groups excluding tert-OH is 5. The Balaban J connectivity index is 2.44. The van der Waals surface area contributed by atoms with Gasteiger partial charge in [-0.3, -0.25) is 4.79 Å². The van der Waals surface area contributed by atoms with Gasteiger partial charge in [-0.15, -0.1) is 0 Å². The lowest BCUT2D eigenvalue weighted by Gasteiger charge is -2.40. The van der Waals surface area contributed by atoms with Crippen molar-refractivity contribution in [3.8, 4) is 0 Å². The fraction of sp³-hybridized carbons (Fsp3) is 0.711. The lowest BCUT2D eigenvalue weighted by molar-refractivity contribution is -0.302. The minimum Gasteiger partial charge on any atom is -0.394 e. The van der Waals surface area contributed by atoms with Crippen LogP contribution in [0.5, 0.6) is 0 Å². The normalized spacial score (nSPS) is 23.6. The molecule has 0 aromatic rings. The van der Waals surface area contributed by atoms with E-state index in [0.717, 1.165) is 77.0 Å². The Kier molecular flexibility index (Phi) is 26.4. The number of hydrogen-bond acceptors (Lipinski definition) is 8. The second kappa shape index (κ2) is 28.9. The van der Waals surface area contributed by atoms with Gasteiger partial charge in [0.15, 0.2) is 6.29 Å². The van der Waals surface area contributed by atoms with Gasteiger partial charge in [0.25, 0.3) is 0 Å². The predicted octanol–water partition coefficient (Wildman–Crippen LogP) is 5.71. The Morgan fingerprint density at radius 2 is 1.32 bits per heavy atom. The van der Waals surface area contributed by atoms with Gasteiger partial charge < -0.3 is 40.3 Å². The van der Waals surface area contributed by atoms with Crippen LogP contribution in [0.4, 0.5) is 0 Å². The predicted molar refractivity (Wildman–Crippen MR) is 189 cm³/mol. The standard InChI is InChI=1S/C38H65NO8/c1-3-5-7-9-11-12-13-14-15-16-17-18-19-20-22-24-26-28-34(42)39-31(32(41)27-25-23-21-10-8-6-4-2)30-46-38-37(45)36(44)35(43)33(29-40)47-38/h5,7,11-12,14-15,17-18,25,27,31-33,35-38,40-41,43-45H,3-4,6,8-10,13,16,19-24,26,28-30H2,1-2H3,(H,39,42)/b7-5-,12-11-,15-14-,18-17-,27-25+. The molecule has 1 aliphatic heterocycles. The smallest absolute Gasteiger partial charge is 0.220 e. The van der Waals surface area contributed by atoms with Crippen molar-refractivity contribution in [1.82, 2.24) is 5.32 Å². The quantitative estimate of drug-likeness (QED) is 0.0484. The first-order valence-electron chi connectivity index (χ1n) is 18.0. The number of aliphatic hydroxyl groups is 5. The number of ether oxygens (including phenoxy) is 2. The van der Waals surface area contributed by atoms with Crippen LogP contribution in [-0.2, 0) is 14.3 Å². The zero-order valence-electron chi connectivity index (χ0n) is 29.0. The topological polar surface area (TPSA) is 149 Å². The van der Waals surface area contributed by atoms with Crippen molar-refractivity contribution in [2.24, 2.45) is 0 Å². The molecule has 0 aliphatic carbocycles. The lowest BCUT2D eigenvalue weighted by atomic mass is 9.99. The van der Waals surface area contributed by atoms with E-state index in [2.05, 4.69) is 67.8 Å². The average molecular weight is 664 g/mol. The first-order valence-corrected chi connectivity index (χ1v) is 18.0. The monoisotopic (exact) mass is 663 g/mol. The summed E-state index contributed by atoms with van der Waals surface area (Å²) >= 11 is 0. The Morgan fingerprint density at radius 1 is 0.745 bits per heavy atom. The molecule has 1 aliphatic rings. The number of amides is 1. The van der Waals surface area contributed by atoms with E-state index in [-0.39, 0.29) is 12.5 Å². The molecule has 1 heterocycles. The summed E-state index contributed by atoms with van der Waals surface area (Å²) in [5.41, 5.74) is 0. The van der Waals surface area contributed by atoms with E-state index in [1.54, 1.807) is 6.08 Å². The minimum atomic E-state index is -1.57. The van der Waals surface area contributed by atoms with E-state index in [1.165, 1.54) is 19.3 Å². The van der Waals surface area contributed by atoms with E-state index in [4.69, 9.17) is 9.47 Å². The van der Waals surface area contributed by atoms with E-state index in [1.807, 2.05) is 6.08 Å². The summed E-state index contributed by atoms with van der Waals surface area (Å²) in [4.78, 5) is 12.8. The molecule has 9 heteroatoms. The SMILES string of the molecule is CC/C=C\C/C=C\C/C=C\C/C=C\CCCCCCC(=O)NC(COC1OC(CO)C(O)C(O)C1O)C(O)/C=C/CCCCCCC. The number of rotatable bonds is 27. The van der Waals surface area contributed by atoms with Gasteiger partial charge in [0.1, 0.15) is 24.4 Å². The van der Waals surface area contributed by atoms with Crippen LogP contribution in [0.3, 0.4) is 0 Å². The number of carbonyl (C=O) groups is 1. The Bertz CT molecular complexity index is 915. The second-order valence-corrected chi connectivity index (χ2v) is 12.3. The van der Waals surface area contributed by atoms with Crippen LogP contribution in [0.1, 0.15) is 117 Å². The molecule has 0 radical (unpaired) electrons. The van der Waals surface area contributed by atoms with Crippen LogP contribution in [-0.4, -0.2) is 87.5 Å². The maximum Gasteiger partial charge on any atom is 0.220 e. The number of allylic oxidation sites excluding steroid dienone is 9. The summed E-state index contributed by atoms with van der Waals surface area (Å²) in [7, 11) is 0. The largest absolute Gasteiger partial charge is 0.394 e. The van der Waals surface area contributed by atoms with Gasteiger partial charge in [0, 0.05) is 6.42 Å². The lowest BCUT2D eigenvalue weighted by Crippen LogP contribution is -2.60. The third-order valence-electron chi connectivity index (χ3n) is 8.10. The highest BCUT2D eigenvalue weighted by Crippen LogP contribution is 2.22. The number of unbranched alkanes of at least 4 members (excludes halogenated alkanes) is 9. The Morgan fingerprint density at radius 3 is 1.94 bits per heavy atom. The molecule has 0 spiro atoms. The highest BCUT2D eigenvalue weighted by Gasteiger charge is 2.44. The van der Waals surface area contributed by atoms with Crippen LogP contribution in [0.2, 0.25) is 0 Å². The summed E-state index contributed by atoms with van der Waals surface area (Å²) in [6.07, 6.45) is 28.5. The summed E-state index contributed by atoms with van der Waals surface area (Å²) in [6.45, 7) is 3.53. The first-order chi connectivity index (χ1) is 22.8. The summed E-state index contributed by atoms with van der Waals surface area (Å²) in [5, 5.41) is 53.6. The number of nitrogens with one attached hydrogen (secondary N) is 1. The maximum atomic E-state index is 12.8. The molecule has 0 aromatic carbocycles. The molecule has 1 amide bonds. The van der Waals surface area contributed by atoms with Crippen LogP contribution >= 0.6 is 0 Å². The zero-order valence-corrected chi connectivity index (χ0v) is 29.0. The molecular formula is C38H65NO8. The number of carbonyl (C=O) groups excluding carboxylic acids is 1. The molecular weight excluding hydrogens is 598 g/mol. The average Bonchev–Trinajstić information content (AvgIpc) is 3.07. The molecule has 7 atom stereocenters. The van der Waals surface area contributed by atoms with E-state index >= 15 is 0 Å². The third-order valence-corrected chi connectivity index (χ3v) is 8.10. The molecule has 0 saturated carbocycles. The summed E-state index contributed by atoms with van der Waals surface area (Å²) in [6, 6.07) is -0.815. The molecule has 7 unspecified atom stereocenters. The van der Waals surface area contributed by atoms with E-state index in [0.29, 0.717) is 6.42 Å². The van der Waals surface area contributed by atoms with Crippen molar-refractivity contribution in [3.63, 3.8) is 0 Å². The summed E-state index contributed by atoms with van der Waals surface area (Å²) < 4.78 is 11.1. The van der Waals surface area contributed by atoms with Crippen LogP contribution in [0.25, 0.3) is 0 Å². The Hall–Kier alpha value is -2.11. The minimum absolute atomic E-state index is 0.203. The van der Waals surface area contributed by atoms with Crippen LogP contribution in [0.15, 0.2) is 60.8 Å². The fourth-order valence-corrected chi connectivity index (χ4v) is 5.14. The number of hydrogen-bond donors (Lipinski definition) is 6. The van der Waals surface area contributed by atoms with Gasteiger partial charge in [0.05, 0.1) is 25.4 Å². The van der Waals surface area contributed by atoms with Gasteiger partial charge in [-0.1, -0.05) is 113 Å². The van der Waals surface area contributed by atoms with Gasteiger partial charge in [-0.2, -0.15) is 0 Å². The van der Waals surface area contributed by atoms with Crippen LogP contribution in [0, 0.1) is 0 Å². The molecule has 1 fully saturated rings. The van der Waals surface area contributed by atoms with Crippen LogP contribution < -0.4 is 5.32 Å². The van der Waals surface area contributed by atoms with Crippen molar-refractivity contribution < 1.29 is 39.8 Å². The molecule has 270 valence electrons. The highest BCUT2D eigenvalue weighted by atomic mass is 16.7. The van der Waals surface area contributed by atoms with Gasteiger partial charge >= 0.3 is 0 Å². The van der Waals surface area contributed by atoms with Crippen molar-refractivity contribution in [3.05, 3.63) is 60.8 Å². The maximum absolute atomic E-state index is 12.8. The molecule has 9 nitrogen and oxygen atoms in total. The zero-order chi connectivity index (χ0) is 34.5. The second-order valence-electron chi connectivity index (χ2n) is 12.3. The van der Waals surface area contributed by atoms with Crippen molar-refractivity contribution in [2.75, 3.05) is 13.2 Å². The van der Waals surface area contributed by atoms with Crippen molar-refractivity contribution >= 4 is 5.91 Å². The van der Waals surface area contributed by atoms with Crippen molar-refractivity contribution in [1.29, 1.82) is 0 Å². The molecule has 6 N–H and O–H groups in total. The van der Waals surface area contributed by atoms with Gasteiger partial charge in [0.2, 0.25) is 5.91 Å². The van der Waals surface area contributed by atoms with Crippen molar-refractivity contribution in [2.45, 2.75) is 159 Å². The van der Waals surface area contributed by atoms with Gasteiger partial charge in [-0.05, 0) is 57.8 Å². The fourth-order valence-electron chi connectivity index (χ4n) is 5.14. The molecule has 0 aromatic heterocycles. The third kappa shape index (κ3) is 20.8. The molecule has 47 heavy (non-hydrogen) atoms. The summed E-state index contributed by atoms with van der Waals surface area (Å²) in [5.74, 6) is -0.210. The van der Waals surface area contributed by atoms with E-state index in [9.17, 15) is 30.3 Å². The Labute approximate surface area is 284 Å².